The molecule has 0 saturated carbocycles. The van der Waals surface area contributed by atoms with Crippen molar-refractivity contribution in [1.82, 2.24) is 15.1 Å². The molecule has 0 aromatic carbocycles. The van der Waals surface area contributed by atoms with Gasteiger partial charge in [0.05, 0.1) is 11.7 Å². The predicted octanol–water partition coefficient (Wildman–Crippen LogP) is 2.88. The molecule has 4 heteroatoms. The van der Waals surface area contributed by atoms with Crippen molar-refractivity contribution < 1.29 is 0 Å². The third kappa shape index (κ3) is 2.58. The summed E-state index contributed by atoms with van der Waals surface area (Å²) in [4.78, 5) is 1.39. The first-order chi connectivity index (χ1) is 8.24. The van der Waals surface area contributed by atoms with E-state index in [9.17, 15) is 0 Å². The van der Waals surface area contributed by atoms with Gasteiger partial charge in [0.15, 0.2) is 0 Å². The van der Waals surface area contributed by atoms with Crippen LogP contribution in [0.4, 0.5) is 0 Å². The van der Waals surface area contributed by atoms with Crippen molar-refractivity contribution in [2.45, 2.75) is 26.3 Å². The molecular formula is C13H19N3S. The highest BCUT2D eigenvalue weighted by atomic mass is 32.1. The fourth-order valence-corrected chi connectivity index (χ4v) is 2.98. The SMILES string of the molecule is CCCNC(c1sccc1C)c1ccnn1C. The molecule has 1 unspecified atom stereocenters. The van der Waals surface area contributed by atoms with Crippen molar-refractivity contribution in [1.29, 1.82) is 0 Å². The zero-order valence-electron chi connectivity index (χ0n) is 10.6. The van der Waals surface area contributed by atoms with Gasteiger partial charge in [-0.1, -0.05) is 6.92 Å². The van der Waals surface area contributed by atoms with Gasteiger partial charge in [-0.15, -0.1) is 11.3 Å². The third-order valence-corrected chi connectivity index (χ3v) is 4.00. The van der Waals surface area contributed by atoms with Crippen LogP contribution in [0.3, 0.4) is 0 Å². The molecule has 0 aliphatic rings. The van der Waals surface area contributed by atoms with E-state index < -0.39 is 0 Å². The Morgan fingerprint density at radius 2 is 2.29 bits per heavy atom. The first kappa shape index (κ1) is 12.3. The maximum Gasteiger partial charge on any atom is 0.0844 e. The molecule has 2 rings (SSSR count). The van der Waals surface area contributed by atoms with Crippen LogP contribution >= 0.6 is 11.3 Å². The van der Waals surface area contributed by atoms with Crippen LogP contribution in [-0.4, -0.2) is 16.3 Å². The number of hydrogen-bond acceptors (Lipinski definition) is 3. The van der Waals surface area contributed by atoms with E-state index in [0.717, 1.165) is 13.0 Å². The summed E-state index contributed by atoms with van der Waals surface area (Å²) in [5, 5.41) is 10.0. The third-order valence-electron chi connectivity index (χ3n) is 2.92. The van der Waals surface area contributed by atoms with Gasteiger partial charge in [-0.3, -0.25) is 4.68 Å². The molecule has 0 bridgehead atoms. The summed E-state index contributed by atoms with van der Waals surface area (Å²) in [6, 6.07) is 4.53. The Morgan fingerprint density at radius 3 is 2.82 bits per heavy atom. The second-order valence-electron chi connectivity index (χ2n) is 4.23. The Morgan fingerprint density at radius 1 is 1.47 bits per heavy atom. The van der Waals surface area contributed by atoms with Gasteiger partial charge in [0, 0.05) is 18.1 Å². The number of nitrogens with one attached hydrogen (secondary N) is 1. The van der Waals surface area contributed by atoms with E-state index in [1.165, 1.54) is 16.1 Å². The van der Waals surface area contributed by atoms with E-state index in [0.29, 0.717) is 0 Å². The van der Waals surface area contributed by atoms with Crippen molar-refractivity contribution in [3.8, 4) is 0 Å². The van der Waals surface area contributed by atoms with Crippen LogP contribution in [0.5, 0.6) is 0 Å². The zero-order valence-corrected chi connectivity index (χ0v) is 11.4. The van der Waals surface area contributed by atoms with E-state index in [1.54, 1.807) is 0 Å². The molecular weight excluding hydrogens is 230 g/mol. The van der Waals surface area contributed by atoms with Gasteiger partial charge in [-0.05, 0) is 43.0 Å². The molecule has 17 heavy (non-hydrogen) atoms. The summed E-state index contributed by atoms with van der Waals surface area (Å²) in [7, 11) is 2.00. The topological polar surface area (TPSA) is 29.9 Å². The van der Waals surface area contributed by atoms with Gasteiger partial charge in [-0.25, -0.2) is 0 Å². The molecule has 2 heterocycles. The van der Waals surface area contributed by atoms with Gasteiger partial charge < -0.3 is 5.32 Å². The van der Waals surface area contributed by atoms with Crippen molar-refractivity contribution in [3.63, 3.8) is 0 Å². The van der Waals surface area contributed by atoms with Crippen molar-refractivity contribution in [2.24, 2.45) is 7.05 Å². The minimum absolute atomic E-state index is 0.266. The molecule has 2 aromatic heterocycles. The highest BCUT2D eigenvalue weighted by molar-refractivity contribution is 7.10. The molecule has 0 spiro atoms. The standard InChI is InChI=1S/C13H19N3S/c1-4-7-14-12(11-5-8-15-16(11)3)13-10(2)6-9-17-13/h5-6,8-9,12,14H,4,7H2,1-3H3. The minimum Gasteiger partial charge on any atom is -0.304 e. The van der Waals surface area contributed by atoms with Crippen LogP contribution < -0.4 is 5.32 Å². The van der Waals surface area contributed by atoms with Gasteiger partial charge in [0.1, 0.15) is 0 Å². The number of aromatic nitrogens is 2. The van der Waals surface area contributed by atoms with Gasteiger partial charge >= 0.3 is 0 Å². The molecule has 92 valence electrons. The highest BCUT2D eigenvalue weighted by Crippen LogP contribution is 2.28. The second-order valence-corrected chi connectivity index (χ2v) is 5.18. The Balaban J connectivity index is 2.32. The fraction of sp³-hybridized carbons (Fsp3) is 0.462. The normalized spacial score (nSPS) is 12.9. The molecule has 0 fully saturated rings. The van der Waals surface area contributed by atoms with Crippen LogP contribution in [0.15, 0.2) is 23.7 Å². The Hall–Kier alpha value is -1.13. The van der Waals surface area contributed by atoms with Crippen molar-refractivity contribution in [3.05, 3.63) is 39.8 Å². The lowest BCUT2D eigenvalue weighted by Gasteiger charge is -2.18. The maximum absolute atomic E-state index is 4.27. The van der Waals surface area contributed by atoms with Crippen LogP contribution in [0.25, 0.3) is 0 Å². The summed E-state index contributed by atoms with van der Waals surface area (Å²) in [5.41, 5.74) is 2.58. The molecule has 2 aromatic rings. The number of rotatable bonds is 5. The Bertz CT molecular complexity index is 432. The number of hydrogen-bond donors (Lipinski definition) is 1. The monoisotopic (exact) mass is 249 g/mol. The highest BCUT2D eigenvalue weighted by Gasteiger charge is 2.19. The van der Waals surface area contributed by atoms with E-state index in [2.05, 4.69) is 41.8 Å². The largest absolute Gasteiger partial charge is 0.304 e. The number of aryl methyl sites for hydroxylation is 2. The van der Waals surface area contributed by atoms with E-state index in [-0.39, 0.29) is 6.04 Å². The zero-order chi connectivity index (χ0) is 12.3. The molecule has 0 radical (unpaired) electrons. The summed E-state index contributed by atoms with van der Waals surface area (Å²) in [5.74, 6) is 0. The molecule has 1 N–H and O–H groups in total. The summed E-state index contributed by atoms with van der Waals surface area (Å²) in [6.45, 7) is 5.38. The molecule has 0 saturated heterocycles. The van der Waals surface area contributed by atoms with E-state index in [1.807, 2.05) is 29.3 Å². The Labute approximate surface area is 106 Å². The fourth-order valence-electron chi connectivity index (χ4n) is 1.97. The van der Waals surface area contributed by atoms with Crippen molar-refractivity contribution in [2.75, 3.05) is 6.54 Å². The number of nitrogens with zero attached hydrogens (tertiary/aromatic N) is 2. The summed E-state index contributed by atoms with van der Waals surface area (Å²) in [6.07, 6.45) is 3.00. The van der Waals surface area contributed by atoms with Gasteiger partial charge in [0.25, 0.3) is 0 Å². The van der Waals surface area contributed by atoms with Crippen LogP contribution in [0.2, 0.25) is 0 Å². The average Bonchev–Trinajstić information content (AvgIpc) is 2.90. The number of thiophene rings is 1. The lowest BCUT2D eigenvalue weighted by molar-refractivity contribution is 0.558. The first-order valence-electron chi connectivity index (χ1n) is 5.99. The Kier molecular flexibility index (Phi) is 3.97. The first-order valence-corrected chi connectivity index (χ1v) is 6.87. The van der Waals surface area contributed by atoms with Crippen LogP contribution in [-0.2, 0) is 7.05 Å². The predicted molar refractivity (Wildman–Crippen MR) is 72.4 cm³/mol. The lowest BCUT2D eigenvalue weighted by atomic mass is 10.1. The van der Waals surface area contributed by atoms with Crippen molar-refractivity contribution >= 4 is 11.3 Å². The quantitative estimate of drug-likeness (QED) is 0.883. The molecule has 3 nitrogen and oxygen atoms in total. The maximum atomic E-state index is 4.27. The summed E-state index contributed by atoms with van der Waals surface area (Å²) >= 11 is 1.81. The molecule has 0 aliphatic heterocycles. The smallest absolute Gasteiger partial charge is 0.0844 e. The van der Waals surface area contributed by atoms with Gasteiger partial charge in [-0.2, -0.15) is 5.10 Å². The summed E-state index contributed by atoms with van der Waals surface area (Å²) < 4.78 is 1.95. The van der Waals surface area contributed by atoms with Crippen LogP contribution in [0, 0.1) is 6.92 Å². The molecule has 1 atom stereocenters. The molecule has 0 amide bonds. The van der Waals surface area contributed by atoms with Crippen LogP contribution in [0.1, 0.15) is 35.5 Å². The second kappa shape index (κ2) is 5.47. The average molecular weight is 249 g/mol. The van der Waals surface area contributed by atoms with E-state index in [4.69, 9.17) is 0 Å². The van der Waals surface area contributed by atoms with E-state index >= 15 is 0 Å². The minimum atomic E-state index is 0.266. The molecule has 0 aliphatic carbocycles. The van der Waals surface area contributed by atoms with Gasteiger partial charge in [0.2, 0.25) is 0 Å². The lowest BCUT2D eigenvalue weighted by Crippen LogP contribution is -2.25.